The third-order valence-electron chi connectivity index (χ3n) is 5.42. The number of carboxylic acids is 2. The third-order valence-corrected chi connectivity index (χ3v) is 5.42. The topological polar surface area (TPSA) is 125 Å². The summed E-state index contributed by atoms with van der Waals surface area (Å²) in [6, 6.07) is 16.4. The van der Waals surface area contributed by atoms with Gasteiger partial charge in [0, 0.05) is 27.8 Å². The van der Waals surface area contributed by atoms with Gasteiger partial charge in [0.25, 0.3) is 0 Å². The molecule has 0 fully saturated rings. The molecule has 0 saturated carbocycles. The average Bonchev–Trinajstić information content (AvgIpc) is 2.76. The van der Waals surface area contributed by atoms with E-state index < -0.39 is 11.9 Å². The predicted octanol–water partition coefficient (Wildman–Crippen LogP) is 4.87. The molecule has 7 heteroatoms. The van der Waals surface area contributed by atoms with Gasteiger partial charge in [0.05, 0.1) is 11.1 Å². The molecule has 4 aromatic carbocycles. The van der Waals surface area contributed by atoms with E-state index in [1.807, 2.05) is 0 Å². The van der Waals surface area contributed by atoms with Crippen molar-refractivity contribution in [2.24, 2.45) is 0 Å². The van der Waals surface area contributed by atoms with E-state index in [9.17, 15) is 29.7 Å². The summed E-state index contributed by atoms with van der Waals surface area (Å²) in [6.45, 7) is 0. The Morgan fingerprint density at radius 2 is 1.50 bits per heavy atom. The van der Waals surface area contributed by atoms with Crippen LogP contribution in [0.5, 0.6) is 5.75 Å². The number of hydrogen-bond acceptors (Lipinski definition) is 5. The second-order valence-electron chi connectivity index (χ2n) is 7.35. The fourth-order valence-electron chi connectivity index (χ4n) is 4.01. The maximum atomic E-state index is 12.1. The zero-order chi connectivity index (χ0) is 22.6. The van der Waals surface area contributed by atoms with E-state index in [4.69, 9.17) is 4.42 Å². The molecule has 156 valence electrons. The Kier molecular flexibility index (Phi) is 4.20. The fraction of sp³-hybridized carbons (Fsp3) is 0. The van der Waals surface area contributed by atoms with Gasteiger partial charge in [-0.1, -0.05) is 12.1 Å². The molecule has 1 aromatic heterocycles. The molecule has 3 N–H and O–H groups in total. The van der Waals surface area contributed by atoms with E-state index in [0.29, 0.717) is 43.8 Å². The van der Waals surface area contributed by atoms with E-state index in [-0.39, 0.29) is 22.3 Å². The molecule has 0 unspecified atom stereocenters. The Morgan fingerprint density at radius 1 is 0.750 bits per heavy atom. The zero-order valence-corrected chi connectivity index (χ0v) is 16.3. The van der Waals surface area contributed by atoms with E-state index in [2.05, 4.69) is 0 Å². The second kappa shape index (κ2) is 6.95. The number of carbonyl (C=O) groups is 2. The standard InChI is InChI=1S/C25H14O7/c26-14-3-7-16-12(9-14)1-6-19-22(18-8-4-15(27)11-21(18)32-23(16)19)17-5-2-13(24(28)29)10-20(17)25(30)31/h1-11,27H,(H,28,29)(H,30,31). The lowest BCUT2D eigenvalue weighted by Gasteiger charge is -2.15. The minimum atomic E-state index is -1.28. The Bertz CT molecular complexity index is 1660. The molecule has 0 aliphatic carbocycles. The van der Waals surface area contributed by atoms with E-state index >= 15 is 0 Å². The molecule has 0 radical (unpaired) electrons. The first-order chi connectivity index (χ1) is 15.3. The van der Waals surface area contributed by atoms with Gasteiger partial charge >= 0.3 is 11.9 Å². The van der Waals surface area contributed by atoms with Crippen LogP contribution in [0.15, 0.2) is 75.9 Å². The summed E-state index contributed by atoms with van der Waals surface area (Å²) in [5.74, 6) is -2.55. The fourth-order valence-corrected chi connectivity index (χ4v) is 4.01. The maximum Gasteiger partial charge on any atom is 0.336 e. The van der Waals surface area contributed by atoms with Crippen molar-refractivity contribution in [3.05, 3.63) is 88.1 Å². The first kappa shape index (κ1) is 19.3. The van der Waals surface area contributed by atoms with Gasteiger partial charge in [0.15, 0.2) is 5.43 Å². The number of aromatic carboxylic acids is 2. The molecule has 0 spiro atoms. The van der Waals surface area contributed by atoms with Gasteiger partial charge in [-0.15, -0.1) is 0 Å². The SMILES string of the molecule is O=C(O)c1ccc(-c2c3ccc(O)cc3oc3c2ccc2cc(=O)ccc23)c(C(=O)O)c1. The number of rotatable bonds is 3. The molecule has 5 rings (SSSR count). The van der Waals surface area contributed by atoms with Gasteiger partial charge < -0.3 is 19.7 Å². The summed E-state index contributed by atoms with van der Waals surface area (Å²) in [5, 5.41) is 31.6. The molecule has 0 amide bonds. The summed E-state index contributed by atoms with van der Waals surface area (Å²) >= 11 is 0. The Labute approximate surface area is 179 Å². The largest absolute Gasteiger partial charge is 0.508 e. The average molecular weight is 426 g/mol. The normalized spacial score (nSPS) is 11.2. The Hall–Kier alpha value is -4.65. The lowest BCUT2D eigenvalue weighted by Crippen LogP contribution is -2.05. The number of hydrogen-bond donors (Lipinski definition) is 3. The molecule has 1 heterocycles. The van der Waals surface area contributed by atoms with Gasteiger partial charge in [0.1, 0.15) is 16.9 Å². The van der Waals surface area contributed by atoms with Crippen molar-refractivity contribution in [3.8, 4) is 16.9 Å². The van der Waals surface area contributed by atoms with Crippen LogP contribution in [0, 0.1) is 0 Å². The number of fused-ring (bicyclic) bond motifs is 4. The van der Waals surface area contributed by atoms with E-state index in [0.717, 1.165) is 6.07 Å². The van der Waals surface area contributed by atoms with E-state index in [1.165, 1.54) is 36.4 Å². The van der Waals surface area contributed by atoms with Crippen molar-refractivity contribution in [2.45, 2.75) is 0 Å². The lowest BCUT2D eigenvalue weighted by molar-refractivity contribution is 0.0696. The van der Waals surface area contributed by atoms with Crippen LogP contribution in [-0.4, -0.2) is 27.3 Å². The maximum absolute atomic E-state index is 12.1. The van der Waals surface area contributed by atoms with Crippen LogP contribution < -0.4 is 5.43 Å². The summed E-state index contributed by atoms with van der Waals surface area (Å²) in [7, 11) is 0. The predicted molar refractivity (Wildman–Crippen MR) is 119 cm³/mol. The highest BCUT2D eigenvalue weighted by atomic mass is 16.4. The van der Waals surface area contributed by atoms with Crippen molar-refractivity contribution < 1.29 is 29.3 Å². The Balaban J connectivity index is 2.00. The first-order valence-corrected chi connectivity index (χ1v) is 9.57. The summed E-state index contributed by atoms with van der Waals surface area (Å²) in [6.07, 6.45) is 0. The number of benzene rings is 4. The zero-order valence-electron chi connectivity index (χ0n) is 16.3. The minimum Gasteiger partial charge on any atom is -0.508 e. The van der Waals surface area contributed by atoms with Gasteiger partial charge in [0.2, 0.25) is 0 Å². The second-order valence-corrected chi connectivity index (χ2v) is 7.35. The molecule has 5 aromatic rings. The van der Waals surface area contributed by atoms with Crippen molar-refractivity contribution in [1.82, 2.24) is 0 Å². The smallest absolute Gasteiger partial charge is 0.336 e. The van der Waals surface area contributed by atoms with Crippen LogP contribution in [0.3, 0.4) is 0 Å². The number of phenolic OH excluding ortho intramolecular Hbond substituents is 1. The molecule has 32 heavy (non-hydrogen) atoms. The molecule has 0 aliphatic heterocycles. The van der Waals surface area contributed by atoms with Crippen molar-refractivity contribution in [2.75, 3.05) is 0 Å². The molecule has 0 aliphatic rings. The van der Waals surface area contributed by atoms with Crippen LogP contribution >= 0.6 is 0 Å². The van der Waals surface area contributed by atoms with E-state index in [1.54, 1.807) is 24.3 Å². The summed E-state index contributed by atoms with van der Waals surface area (Å²) in [4.78, 5) is 35.2. The molecule has 0 atom stereocenters. The monoisotopic (exact) mass is 426 g/mol. The highest BCUT2D eigenvalue weighted by Gasteiger charge is 2.21. The van der Waals surface area contributed by atoms with Crippen LogP contribution in [-0.2, 0) is 0 Å². The van der Waals surface area contributed by atoms with Gasteiger partial charge in [-0.3, -0.25) is 4.79 Å². The minimum absolute atomic E-state index is 0.0340. The number of aromatic hydroxyl groups is 1. The van der Waals surface area contributed by atoms with Crippen molar-refractivity contribution in [3.63, 3.8) is 0 Å². The highest BCUT2D eigenvalue weighted by Crippen LogP contribution is 2.41. The summed E-state index contributed by atoms with van der Waals surface area (Å²) < 4.78 is 6.10. The summed E-state index contributed by atoms with van der Waals surface area (Å²) in [5.41, 5.74) is 1.06. The third kappa shape index (κ3) is 2.95. The molecular formula is C25H14O7. The van der Waals surface area contributed by atoms with Gasteiger partial charge in [-0.2, -0.15) is 0 Å². The number of carboxylic acid groups (broad SMARTS) is 2. The van der Waals surface area contributed by atoms with Gasteiger partial charge in [-0.05, 0) is 59.5 Å². The van der Waals surface area contributed by atoms with Crippen molar-refractivity contribution >= 4 is 44.6 Å². The van der Waals surface area contributed by atoms with Crippen LogP contribution in [0.1, 0.15) is 20.7 Å². The molecule has 7 nitrogen and oxygen atoms in total. The van der Waals surface area contributed by atoms with Crippen molar-refractivity contribution in [1.29, 1.82) is 0 Å². The molecular weight excluding hydrogens is 412 g/mol. The van der Waals surface area contributed by atoms with Crippen LogP contribution in [0.25, 0.3) is 43.8 Å². The van der Waals surface area contributed by atoms with Crippen LogP contribution in [0.2, 0.25) is 0 Å². The first-order valence-electron chi connectivity index (χ1n) is 9.57. The lowest BCUT2D eigenvalue weighted by atomic mass is 9.91. The van der Waals surface area contributed by atoms with Gasteiger partial charge in [-0.25, -0.2) is 9.59 Å². The highest BCUT2D eigenvalue weighted by molar-refractivity contribution is 6.17. The number of phenols is 1. The quantitative estimate of drug-likeness (QED) is 0.278. The Morgan fingerprint density at radius 3 is 2.25 bits per heavy atom. The molecule has 0 saturated heterocycles. The van der Waals surface area contributed by atoms with Crippen LogP contribution in [0.4, 0.5) is 0 Å². The molecule has 0 bridgehead atoms.